The molecule has 1 fully saturated rings. The number of hydrogen-bond donors (Lipinski definition) is 6. The van der Waals surface area contributed by atoms with Gasteiger partial charge in [0.1, 0.15) is 23.5 Å². The molecule has 0 bridgehead atoms. The van der Waals surface area contributed by atoms with Crippen molar-refractivity contribution in [2.45, 2.75) is 32.3 Å². The van der Waals surface area contributed by atoms with E-state index in [9.17, 15) is 35.1 Å². The third kappa shape index (κ3) is 6.20. The zero-order chi connectivity index (χ0) is 30.6. The molecule has 0 radical (unpaired) electrons. The van der Waals surface area contributed by atoms with Gasteiger partial charge in [-0.1, -0.05) is 6.08 Å². The molecule has 6 N–H and O–H groups in total. The average Bonchev–Trinajstić information content (AvgIpc) is 3.36. The average molecular weight is 589 g/mol. The predicted molar refractivity (Wildman–Crippen MR) is 145 cm³/mol. The fourth-order valence-electron chi connectivity index (χ4n) is 4.58. The fourth-order valence-corrected chi connectivity index (χ4v) is 4.58. The van der Waals surface area contributed by atoms with Crippen LogP contribution < -0.4 is 0 Å². The summed E-state index contributed by atoms with van der Waals surface area (Å²) in [4.78, 5) is 26.6. The minimum Gasteiger partial charge on any atom is -0.504 e. The van der Waals surface area contributed by atoms with Crippen LogP contribution in [-0.4, -0.2) is 94.1 Å². The molecule has 42 heavy (non-hydrogen) atoms. The third-order valence-electron chi connectivity index (χ3n) is 6.76. The molecule has 3 aromatic rings. The Labute approximate surface area is 239 Å². The number of ether oxygens (including phenoxy) is 4. The number of furan rings is 1. The maximum Gasteiger partial charge on any atom is 0.343 e. The summed E-state index contributed by atoms with van der Waals surface area (Å²) < 4.78 is 27.8. The van der Waals surface area contributed by atoms with Gasteiger partial charge >= 0.3 is 11.9 Å². The lowest BCUT2D eigenvalue weighted by Crippen LogP contribution is -2.53. The van der Waals surface area contributed by atoms with Crippen molar-refractivity contribution in [2.75, 3.05) is 33.0 Å². The molecule has 226 valence electrons. The largest absolute Gasteiger partial charge is 0.504 e. The molecule has 13 heteroatoms. The highest BCUT2D eigenvalue weighted by atomic mass is 16.7. The maximum atomic E-state index is 13.8. The van der Waals surface area contributed by atoms with E-state index in [2.05, 4.69) is 0 Å². The number of phenols is 3. The number of carbonyl (C=O) groups is 2. The highest BCUT2D eigenvalue weighted by Gasteiger charge is 2.43. The molecule has 1 aliphatic rings. The molecule has 0 saturated carbocycles. The predicted octanol–water partition coefficient (Wildman–Crippen LogP) is 2.20. The molecule has 0 aliphatic carbocycles. The molecule has 0 spiro atoms. The first-order chi connectivity index (χ1) is 20.1. The zero-order valence-electron chi connectivity index (χ0n) is 22.9. The first-order valence-corrected chi connectivity index (χ1v) is 13.1. The number of aromatic hydroxyl groups is 3. The molecular formula is C29H32O13. The van der Waals surface area contributed by atoms with Gasteiger partial charge in [0.05, 0.1) is 49.9 Å². The van der Waals surface area contributed by atoms with Crippen LogP contribution in [-0.2, 0) is 18.9 Å². The van der Waals surface area contributed by atoms with Gasteiger partial charge in [-0.3, -0.25) is 0 Å². The zero-order valence-corrected chi connectivity index (χ0v) is 22.9. The number of hydrogen-bond acceptors (Lipinski definition) is 13. The van der Waals surface area contributed by atoms with Crippen molar-refractivity contribution in [3.8, 4) is 28.6 Å². The lowest BCUT2D eigenvalue weighted by molar-refractivity contribution is -0.257. The van der Waals surface area contributed by atoms with Gasteiger partial charge in [0.15, 0.2) is 29.1 Å². The van der Waals surface area contributed by atoms with E-state index in [4.69, 9.17) is 28.5 Å². The number of esters is 2. The summed E-state index contributed by atoms with van der Waals surface area (Å²) >= 11 is 0. The van der Waals surface area contributed by atoms with Crippen LogP contribution in [0.2, 0.25) is 0 Å². The third-order valence-corrected chi connectivity index (χ3v) is 6.76. The second-order valence-corrected chi connectivity index (χ2v) is 9.59. The second kappa shape index (κ2) is 13.2. The smallest absolute Gasteiger partial charge is 0.343 e. The van der Waals surface area contributed by atoms with E-state index < -0.39 is 60.2 Å². The van der Waals surface area contributed by atoms with Crippen molar-refractivity contribution in [1.82, 2.24) is 0 Å². The molecule has 1 aliphatic heterocycles. The quantitative estimate of drug-likeness (QED) is 0.114. The molecule has 0 amide bonds. The highest BCUT2D eigenvalue weighted by Crippen LogP contribution is 2.42. The Morgan fingerprint density at radius 1 is 1.05 bits per heavy atom. The molecular weight excluding hydrogens is 556 g/mol. The SMILES string of the molecule is CCOC(=O)c1ccc(O)c2oc(-c3ccc(O)c(O)c3)c(C(=O)O[C@H]3CO[C@H](OC/C(C)=C\CO)[C@@H](O)[C@@H]3CO)c12. The van der Waals surface area contributed by atoms with Crippen molar-refractivity contribution in [2.24, 2.45) is 5.92 Å². The van der Waals surface area contributed by atoms with Crippen molar-refractivity contribution < 1.29 is 63.6 Å². The van der Waals surface area contributed by atoms with Crippen molar-refractivity contribution >= 4 is 22.9 Å². The monoisotopic (exact) mass is 588 g/mol. The van der Waals surface area contributed by atoms with E-state index in [-0.39, 0.29) is 59.8 Å². The van der Waals surface area contributed by atoms with Crippen molar-refractivity contribution in [3.63, 3.8) is 0 Å². The van der Waals surface area contributed by atoms with E-state index in [0.717, 1.165) is 12.1 Å². The molecule has 1 aromatic heterocycles. The van der Waals surface area contributed by atoms with Crippen molar-refractivity contribution in [3.05, 3.63) is 53.1 Å². The second-order valence-electron chi connectivity index (χ2n) is 9.59. The van der Waals surface area contributed by atoms with Gasteiger partial charge in [0.2, 0.25) is 0 Å². The van der Waals surface area contributed by atoms with Crippen LogP contribution in [0.5, 0.6) is 17.2 Å². The molecule has 13 nitrogen and oxygen atoms in total. The van der Waals surface area contributed by atoms with Crippen LogP contribution in [0.25, 0.3) is 22.3 Å². The number of fused-ring (bicyclic) bond motifs is 1. The standard InChI is InChI=1S/C29H32O13/c1-3-38-27(36)16-5-7-19(33)26-22(16)23(25(42-26)15-4-6-18(32)20(34)10-15)28(37)41-21-13-40-29(24(35)17(21)11-31)39-12-14(2)8-9-30/h4-8,10,17,21,24,29-35H,3,9,11-13H2,1-2H3/b14-8-/t17-,21+,24+,29+/m1/s1. The van der Waals surface area contributed by atoms with Crippen LogP contribution in [0.15, 0.2) is 46.4 Å². The van der Waals surface area contributed by atoms with Crippen molar-refractivity contribution in [1.29, 1.82) is 0 Å². The summed E-state index contributed by atoms with van der Waals surface area (Å²) in [6, 6.07) is 6.05. The summed E-state index contributed by atoms with van der Waals surface area (Å²) in [5.74, 6) is -4.49. The molecule has 1 saturated heterocycles. The number of aliphatic hydroxyl groups excluding tert-OH is 3. The van der Waals surface area contributed by atoms with Gasteiger partial charge in [-0.15, -0.1) is 0 Å². The summed E-state index contributed by atoms with van der Waals surface area (Å²) in [6.07, 6.45) is -2.22. The van der Waals surface area contributed by atoms with Gasteiger partial charge < -0.3 is 54.0 Å². The number of benzene rings is 2. The van der Waals surface area contributed by atoms with Gasteiger partial charge in [-0.25, -0.2) is 9.59 Å². The van der Waals surface area contributed by atoms with Gasteiger partial charge in [-0.05, 0) is 49.8 Å². The van der Waals surface area contributed by atoms with E-state index in [1.54, 1.807) is 13.8 Å². The maximum absolute atomic E-state index is 13.8. The Balaban J connectivity index is 1.74. The number of rotatable bonds is 10. The number of aliphatic hydroxyl groups is 3. The van der Waals surface area contributed by atoms with Crippen LogP contribution in [0.4, 0.5) is 0 Å². The minimum absolute atomic E-state index is 0.0194. The van der Waals surface area contributed by atoms with Gasteiger partial charge in [-0.2, -0.15) is 0 Å². The summed E-state index contributed by atoms with van der Waals surface area (Å²) in [5, 5.41) is 60.2. The molecule has 4 atom stereocenters. The van der Waals surface area contributed by atoms with E-state index in [0.29, 0.717) is 5.57 Å². The van der Waals surface area contributed by atoms with Gasteiger partial charge in [0.25, 0.3) is 0 Å². The Bertz CT molecular complexity index is 1470. The lowest BCUT2D eigenvalue weighted by Gasteiger charge is -2.38. The summed E-state index contributed by atoms with van der Waals surface area (Å²) in [7, 11) is 0. The normalized spacial score (nSPS) is 20.9. The Morgan fingerprint density at radius 3 is 2.45 bits per heavy atom. The van der Waals surface area contributed by atoms with E-state index in [1.807, 2.05) is 0 Å². The van der Waals surface area contributed by atoms with Gasteiger partial charge in [0, 0.05) is 5.56 Å². The first-order valence-electron chi connectivity index (χ1n) is 13.1. The van der Waals surface area contributed by atoms with Crippen LogP contribution in [0, 0.1) is 5.92 Å². The summed E-state index contributed by atoms with van der Waals surface area (Å²) in [6.45, 7) is 2.29. The van der Waals surface area contributed by atoms with E-state index in [1.165, 1.54) is 24.3 Å². The topological polar surface area (TPSA) is 206 Å². The van der Waals surface area contributed by atoms with E-state index >= 15 is 0 Å². The molecule has 2 heterocycles. The molecule has 0 unspecified atom stereocenters. The highest BCUT2D eigenvalue weighted by molar-refractivity contribution is 6.16. The van der Waals surface area contributed by atoms with Crippen LogP contribution in [0.1, 0.15) is 34.6 Å². The van der Waals surface area contributed by atoms with Crippen LogP contribution in [0.3, 0.4) is 0 Å². The number of phenolic OH excluding ortho intramolecular Hbond substituents is 3. The fraction of sp³-hybridized carbons (Fsp3) is 0.379. The first kappa shape index (κ1) is 30.8. The molecule has 4 rings (SSSR count). The summed E-state index contributed by atoms with van der Waals surface area (Å²) in [5.41, 5.74) is 0.105. The lowest BCUT2D eigenvalue weighted by atomic mass is 9.93. The minimum atomic E-state index is -1.41. The Morgan fingerprint density at radius 2 is 1.79 bits per heavy atom. The van der Waals surface area contributed by atoms with Crippen LogP contribution >= 0.6 is 0 Å². The Kier molecular flexibility index (Phi) is 9.70. The Hall–Kier alpha value is -4.14. The number of carbonyl (C=O) groups excluding carboxylic acids is 2. The molecule has 2 aromatic carbocycles.